The third kappa shape index (κ3) is 5.42. The maximum Gasteiger partial charge on any atom is 0.241 e. The summed E-state index contributed by atoms with van der Waals surface area (Å²) in [6.45, 7) is 10.5. The van der Waals surface area contributed by atoms with Gasteiger partial charge in [-0.1, -0.05) is 23.4 Å². The number of hydrogen-bond donors (Lipinski definition) is 0. The topological polar surface area (TPSA) is 63.9 Å². The Morgan fingerprint density at radius 2 is 1.61 bits per heavy atom. The van der Waals surface area contributed by atoms with Crippen molar-refractivity contribution < 1.29 is 14.0 Å². The van der Waals surface area contributed by atoms with Gasteiger partial charge in [-0.15, -0.1) is 0 Å². The average Bonchev–Trinajstić information content (AvgIpc) is 3.25. The molecule has 31 heavy (non-hydrogen) atoms. The number of ether oxygens (including phenoxy) is 2. The fourth-order valence-corrected chi connectivity index (χ4v) is 3.84. The molecule has 4 rings (SSSR count). The third-order valence-corrected chi connectivity index (χ3v) is 5.70. The molecule has 2 aromatic carbocycles. The van der Waals surface area contributed by atoms with Crippen molar-refractivity contribution in [2.24, 2.45) is 0 Å². The van der Waals surface area contributed by atoms with Crippen LogP contribution in [0.15, 0.2) is 47.0 Å². The fourth-order valence-electron chi connectivity index (χ4n) is 3.84. The number of piperazine rings is 1. The number of nitrogens with zero attached hydrogens (tertiary/aromatic N) is 4. The van der Waals surface area contributed by atoms with Gasteiger partial charge in [-0.2, -0.15) is 4.98 Å². The van der Waals surface area contributed by atoms with Gasteiger partial charge in [0.05, 0.1) is 13.7 Å². The Morgan fingerprint density at radius 1 is 0.935 bits per heavy atom. The maximum atomic E-state index is 6.06. The SMILES string of the molecule is COc1ccc(-c2noc(CN3CCN(CCOc4c(C)cccc4C)CC3)n2)cc1. The lowest BCUT2D eigenvalue weighted by Gasteiger charge is -2.33. The molecule has 1 saturated heterocycles. The van der Waals surface area contributed by atoms with Crippen LogP contribution in [0, 0.1) is 13.8 Å². The van der Waals surface area contributed by atoms with Crippen LogP contribution in [-0.4, -0.2) is 66.4 Å². The first-order valence-corrected chi connectivity index (χ1v) is 10.7. The predicted molar refractivity (Wildman–Crippen MR) is 119 cm³/mol. The zero-order valence-corrected chi connectivity index (χ0v) is 18.5. The molecule has 164 valence electrons. The van der Waals surface area contributed by atoms with E-state index in [9.17, 15) is 0 Å². The standard InChI is InChI=1S/C24H30N4O3/c1-18-5-4-6-19(2)23(18)30-16-15-27-11-13-28(14-12-27)17-22-25-24(26-31-22)20-7-9-21(29-3)10-8-20/h4-10H,11-17H2,1-3H3. The van der Waals surface area contributed by atoms with Gasteiger partial charge < -0.3 is 14.0 Å². The zero-order chi connectivity index (χ0) is 21.6. The maximum absolute atomic E-state index is 6.06. The molecule has 0 atom stereocenters. The van der Waals surface area contributed by atoms with E-state index in [-0.39, 0.29) is 0 Å². The van der Waals surface area contributed by atoms with Gasteiger partial charge in [0.15, 0.2) is 0 Å². The quantitative estimate of drug-likeness (QED) is 0.550. The summed E-state index contributed by atoms with van der Waals surface area (Å²) in [6, 6.07) is 13.9. The first-order chi connectivity index (χ1) is 15.1. The van der Waals surface area contributed by atoms with Gasteiger partial charge in [0.1, 0.15) is 18.1 Å². The lowest BCUT2D eigenvalue weighted by atomic mass is 10.1. The molecule has 1 aromatic heterocycles. The highest BCUT2D eigenvalue weighted by atomic mass is 16.5. The van der Waals surface area contributed by atoms with Gasteiger partial charge in [0.25, 0.3) is 0 Å². The highest BCUT2D eigenvalue weighted by Gasteiger charge is 2.19. The molecular formula is C24H30N4O3. The van der Waals surface area contributed by atoms with Gasteiger partial charge in [0, 0.05) is 38.3 Å². The lowest BCUT2D eigenvalue weighted by Crippen LogP contribution is -2.47. The van der Waals surface area contributed by atoms with E-state index in [1.165, 1.54) is 11.1 Å². The zero-order valence-electron chi connectivity index (χ0n) is 18.5. The number of hydrogen-bond acceptors (Lipinski definition) is 7. The molecule has 0 N–H and O–H groups in total. The summed E-state index contributed by atoms with van der Waals surface area (Å²) >= 11 is 0. The van der Waals surface area contributed by atoms with E-state index in [0.29, 0.717) is 24.9 Å². The van der Waals surface area contributed by atoms with Gasteiger partial charge >= 0.3 is 0 Å². The van der Waals surface area contributed by atoms with Crippen molar-refractivity contribution in [1.29, 1.82) is 0 Å². The second-order valence-electron chi connectivity index (χ2n) is 7.93. The summed E-state index contributed by atoms with van der Waals surface area (Å²) in [6.07, 6.45) is 0. The molecule has 1 aliphatic rings. The first-order valence-electron chi connectivity index (χ1n) is 10.7. The van der Waals surface area contributed by atoms with Crippen molar-refractivity contribution >= 4 is 0 Å². The average molecular weight is 423 g/mol. The van der Waals surface area contributed by atoms with Crippen molar-refractivity contribution in [2.45, 2.75) is 20.4 Å². The van der Waals surface area contributed by atoms with Crippen molar-refractivity contribution in [1.82, 2.24) is 19.9 Å². The molecule has 0 amide bonds. The molecule has 3 aromatic rings. The van der Waals surface area contributed by atoms with Crippen molar-refractivity contribution in [3.63, 3.8) is 0 Å². The van der Waals surface area contributed by atoms with Gasteiger partial charge in [0.2, 0.25) is 11.7 Å². The molecule has 7 nitrogen and oxygen atoms in total. The number of para-hydroxylation sites is 1. The Bertz CT molecular complexity index is 958. The van der Waals surface area contributed by atoms with E-state index in [2.05, 4.69) is 52.0 Å². The van der Waals surface area contributed by atoms with Gasteiger partial charge in [-0.05, 0) is 49.2 Å². The van der Waals surface area contributed by atoms with Crippen LogP contribution >= 0.6 is 0 Å². The Balaban J connectivity index is 1.22. The van der Waals surface area contributed by atoms with Crippen LogP contribution in [0.3, 0.4) is 0 Å². The van der Waals surface area contributed by atoms with Crippen LogP contribution in [-0.2, 0) is 6.54 Å². The first kappa shape index (κ1) is 21.3. The van der Waals surface area contributed by atoms with E-state index in [1.807, 2.05) is 24.3 Å². The molecule has 1 fully saturated rings. The van der Waals surface area contributed by atoms with Crippen molar-refractivity contribution in [3.8, 4) is 22.9 Å². The number of methoxy groups -OCH3 is 1. The van der Waals surface area contributed by atoms with E-state index in [4.69, 9.17) is 14.0 Å². The van der Waals surface area contributed by atoms with Crippen LogP contribution in [0.4, 0.5) is 0 Å². The number of aryl methyl sites for hydroxylation is 2. The van der Waals surface area contributed by atoms with Crippen molar-refractivity contribution in [3.05, 3.63) is 59.5 Å². The van der Waals surface area contributed by atoms with E-state index < -0.39 is 0 Å². The largest absolute Gasteiger partial charge is 0.497 e. The molecule has 0 radical (unpaired) electrons. The number of aromatic nitrogens is 2. The Kier molecular flexibility index (Phi) is 6.84. The van der Waals surface area contributed by atoms with E-state index in [0.717, 1.165) is 49.8 Å². The molecule has 0 bridgehead atoms. The molecule has 0 aliphatic carbocycles. The molecule has 0 unspecified atom stereocenters. The second kappa shape index (κ2) is 9.94. The van der Waals surface area contributed by atoms with Crippen LogP contribution in [0.2, 0.25) is 0 Å². The predicted octanol–water partition coefficient (Wildman–Crippen LogP) is 3.56. The monoisotopic (exact) mass is 422 g/mol. The molecule has 0 spiro atoms. The smallest absolute Gasteiger partial charge is 0.241 e. The Labute approximate surface area is 183 Å². The second-order valence-corrected chi connectivity index (χ2v) is 7.93. The van der Waals surface area contributed by atoms with E-state index in [1.54, 1.807) is 7.11 Å². The normalized spacial score (nSPS) is 15.2. The molecule has 1 aliphatic heterocycles. The summed E-state index contributed by atoms with van der Waals surface area (Å²) in [5, 5.41) is 4.13. The number of benzene rings is 2. The lowest BCUT2D eigenvalue weighted by molar-refractivity contribution is 0.104. The summed E-state index contributed by atoms with van der Waals surface area (Å²) in [4.78, 5) is 9.36. The van der Waals surface area contributed by atoms with Crippen LogP contribution in [0.5, 0.6) is 11.5 Å². The minimum absolute atomic E-state index is 0.611. The van der Waals surface area contributed by atoms with Crippen LogP contribution in [0.25, 0.3) is 11.4 Å². The van der Waals surface area contributed by atoms with Crippen molar-refractivity contribution in [2.75, 3.05) is 46.4 Å². The molecule has 7 heteroatoms. The fraction of sp³-hybridized carbons (Fsp3) is 0.417. The highest BCUT2D eigenvalue weighted by Crippen LogP contribution is 2.22. The van der Waals surface area contributed by atoms with Gasteiger partial charge in [-0.25, -0.2) is 0 Å². The van der Waals surface area contributed by atoms with Crippen LogP contribution < -0.4 is 9.47 Å². The van der Waals surface area contributed by atoms with Gasteiger partial charge in [-0.3, -0.25) is 9.80 Å². The third-order valence-electron chi connectivity index (χ3n) is 5.70. The summed E-state index contributed by atoms with van der Waals surface area (Å²) in [5.74, 6) is 3.09. The van der Waals surface area contributed by atoms with E-state index >= 15 is 0 Å². The molecule has 0 saturated carbocycles. The minimum atomic E-state index is 0.611. The summed E-state index contributed by atoms with van der Waals surface area (Å²) in [5.41, 5.74) is 3.31. The Morgan fingerprint density at radius 3 is 2.29 bits per heavy atom. The summed E-state index contributed by atoms with van der Waals surface area (Å²) < 4.78 is 16.7. The molecule has 2 heterocycles. The minimum Gasteiger partial charge on any atom is -0.497 e. The van der Waals surface area contributed by atoms with Crippen LogP contribution in [0.1, 0.15) is 17.0 Å². The Hall–Kier alpha value is -2.90. The summed E-state index contributed by atoms with van der Waals surface area (Å²) in [7, 11) is 1.65. The molecular weight excluding hydrogens is 392 g/mol. The highest BCUT2D eigenvalue weighted by molar-refractivity contribution is 5.55. The number of rotatable bonds is 8.